The van der Waals surface area contributed by atoms with E-state index in [4.69, 9.17) is 10.5 Å². The molecule has 0 amide bonds. The third-order valence-corrected chi connectivity index (χ3v) is 2.10. The van der Waals surface area contributed by atoms with Crippen molar-refractivity contribution in [2.24, 2.45) is 0 Å². The van der Waals surface area contributed by atoms with Crippen molar-refractivity contribution in [2.45, 2.75) is 6.92 Å². The summed E-state index contributed by atoms with van der Waals surface area (Å²) >= 11 is 0. The summed E-state index contributed by atoms with van der Waals surface area (Å²) in [7, 11) is 1.69. The zero-order valence-electron chi connectivity index (χ0n) is 9.79. The van der Waals surface area contributed by atoms with Crippen molar-refractivity contribution in [3.63, 3.8) is 0 Å². The molecule has 17 heavy (non-hydrogen) atoms. The van der Waals surface area contributed by atoms with Crippen LogP contribution in [0.2, 0.25) is 0 Å². The number of hydrogen-bond acceptors (Lipinski definition) is 7. The van der Waals surface area contributed by atoms with Crippen LogP contribution >= 0.6 is 0 Å². The molecule has 0 aliphatic rings. The molecule has 0 aliphatic heterocycles. The van der Waals surface area contributed by atoms with Crippen molar-refractivity contribution in [1.82, 2.24) is 9.97 Å². The van der Waals surface area contributed by atoms with E-state index in [-0.39, 0.29) is 17.5 Å². The maximum Gasteiger partial charge on any atom is 0.329 e. The van der Waals surface area contributed by atoms with Gasteiger partial charge in [0, 0.05) is 20.2 Å². The first-order chi connectivity index (χ1) is 8.06. The molecular weight excluding hydrogens is 226 g/mol. The Kier molecular flexibility index (Phi) is 4.58. The molecule has 0 bridgehead atoms. The number of nitrogens with two attached hydrogens (primary N) is 1. The highest BCUT2D eigenvalue weighted by molar-refractivity contribution is 5.57. The summed E-state index contributed by atoms with van der Waals surface area (Å²) in [4.78, 5) is 19.4. The van der Waals surface area contributed by atoms with Gasteiger partial charge in [0.05, 0.1) is 11.5 Å². The summed E-state index contributed by atoms with van der Waals surface area (Å²) in [6.07, 6.45) is 1.11. The molecule has 0 saturated heterocycles. The van der Waals surface area contributed by atoms with Gasteiger partial charge in [0.2, 0.25) is 11.8 Å². The molecule has 0 unspecified atom stereocenters. The first-order valence-corrected chi connectivity index (χ1v) is 5.12. The van der Waals surface area contributed by atoms with E-state index < -0.39 is 4.92 Å². The molecule has 1 heterocycles. The standard InChI is InChI=1S/C9H15N5O3/c1-3-17-5-4-13(2)8-7(14(15)16)6-11-9(10)12-8/h6H,3-5H2,1-2H3,(H2,10,11,12). The summed E-state index contributed by atoms with van der Waals surface area (Å²) in [5, 5.41) is 10.8. The van der Waals surface area contributed by atoms with E-state index in [2.05, 4.69) is 9.97 Å². The molecule has 0 aliphatic carbocycles. The molecule has 0 fully saturated rings. The molecule has 94 valence electrons. The van der Waals surface area contributed by atoms with E-state index in [0.717, 1.165) is 6.20 Å². The van der Waals surface area contributed by atoms with Crippen LogP contribution in [0.15, 0.2) is 6.20 Å². The van der Waals surface area contributed by atoms with Gasteiger partial charge in [0.1, 0.15) is 6.20 Å². The number of aromatic nitrogens is 2. The number of hydrogen-bond donors (Lipinski definition) is 1. The van der Waals surface area contributed by atoms with Gasteiger partial charge in [0.25, 0.3) is 0 Å². The van der Waals surface area contributed by atoms with Crippen LogP contribution in [0, 0.1) is 10.1 Å². The SMILES string of the molecule is CCOCCN(C)c1nc(N)ncc1[N+](=O)[O-]. The van der Waals surface area contributed by atoms with Gasteiger partial charge in [-0.1, -0.05) is 0 Å². The first kappa shape index (κ1) is 13.1. The Labute approximate surface area is 98.6 Å². The zero-order valence-corrected chi connectivity index (χ0v) is 9.79. The highest BCUT2D eigenvalue weighted by atomic mass is 16.6. The lowest BCUT2D eigenvalue weighted by molar-refractivity contribution is -0.384. The fourth-order valence-corrected chi connectivity index (χ4v) is 1.24. The fourth-order valence-electron chi connectivity index (χ4n) is 1.24. The maximum absolute atomic E-state index is 10.8. The summed E-state index contributed by atoms with van der Waals surface area (Å²) in [5.41, 5.74) is 5.25. The second kappa shape index (κ2) is 5.94. The zero-order chi connectivity index (χ0) is 12.8. The predicted octanol–water partition coefficient (Wildman–Crippen LogP) is 0.440. The average Bonchev–Trinajstić information content (AvgIpc) is 2.28. The topological polar surface area (TPSA) is 107 Å². The molecule has 0 spiro atoms. The lowest BCUT2D eigenvalue weighted by Crippen LogP contribution is -2.25. The Morgan fingerprint density at radius 2 is 2.35 bits per heavy atom. The molecule has 2 N–H and O–H groups in total. The molecule has 0 atom stereocenters. The van der Waals surface area contributed by atoms with Crippen LogP contribution in [-0.4, -0.2) is 41.7 Å². The van der Waals surface area contributed by atoms with Gasteiger partial charge in [-0.2, -0.15) is 4.98 Å². The third kappa shape index (κ3) is 3.52. The lowest BCUT2D eigenvalue weighted by atomic mass is 10.4. The first-order valence-electron chi connectivity index (χ1n) is 5.12. The maximum atomic E-state index is 10.8. The molecule has 8 nitrogen and oxygen atoms in total. The monoisotopic (exact) mass is 241 g/mol. The number of nitro groups is 1. The van der Waals surface area contributed by atoms with Crippen LogP contribution < -0.4 is 10.6 Å². The molecule has 0 aromatic carbocycles. The van der Waals surface area contributed by atoms with Crippen molar-refractivity contribution in [1.29, 1.82) is 0 Å². The van der Waals surface area contributed by atoms with Gasteiger partial charge in [-0.3, -0.25) is 10.1 Å². The van der Waals surface area contributed by atoms with Crippen LogP contribution in [0.5, 0.6) is 0 Å². The van der Waals surface area contributed by atoms with E-state index in [1.807, 2.05) is 6.92 Å². The summed E-state index contributed by atoms with van der Waals surface area (Å²) in [6.45, 7) is 3.44. The van der Waals surface area contributed by atoms with Crippen molar-refractivity contribution in [2.75, 3.05) is 37.4 Å². The average molecular weight is 241 g/mol. The van der Waals surface area contributed by atoms with Crippen molar-refractivity contribution in [3.8, 4) is 0 Å². The molecule has 1 aromatic rings. The number of rotatable bonds is 6. The Bertz CT molecular complexity index is 398. The van der Waals surface area contributed by atoms with Crippen LogP contribution in [-0.2, 0) is 4.74 Å². The second-order valence-corrected chi connectivity index (χ2v) is 3.31. The molecule has 8 heteroatoms. The number of nitrogens with zero attached hydrogens (tertiary/aromatic N) is 4. The Morgan fingerprint density at radius 1 is 1.65 bits per heavy atom. The van der Waals surface area contributed by atoms with Crippen LogP contribution in [0.4, 0.5) is 17.5 Å². The minimum Gasteiger partial charge on any atom is -0.380 e. The third-order valence-electron chi connectivity index (χ3n) is 2.10. The second-order valence-electron chi connectivity index (χ2n) is 3.31. The van der Waals surface area contributed by atoms with E-state index in [9.17, 15) is 10.1 Å². The van der Waals surface area contributed by atoms with E-state index >= 15 is 0 Å². The van der Waals surface area contributed by atoms with Gasteiger partial charge >= 0.3 is 5.69 Å². The van der Waals surface area contributed by atoms with E-state index in [1.165, 1.54) is 0 Å². The Hall–Kier alpha value is -1.96. The van der Waals surface area contributed by atoms with Gasteiger partial charge in [-0.25, -0.2) is 4.98 Å². The largest absolute Gasteiger partial charge is 0.380 e. The van der Waals surface area contributed by atoms with E-state index in [0.29, 0.717) is 19.8 Å². The van der Waals surface area contributed by atoms with Crippen LogP contribution in [0.1, 0.15) is 6.92 Å². The lowest BCUT2D eigenvalue weighted by Gasteiger charge is -2.17. The highest BCUT2D eigenvalue weighted by Gasteiger charge is 2.19. The minimum atomic E-state index is -0.536. The number of likely N-dealkylation sites (N-methyl/N-ethyl adjacent to an activating group) is 1. The van der Waals surface area contributed by atoms with Crippen LogP contribution in [0.25, 0.3) is 0 Å². The molecule has 1 rings (SSSR count). The number of anilines is 2. The van der Waals surface area contributed by atoms with Gasteiger partial charge < -0.3 is 15.4 Å². The van der Waals surface area contributed by atoms with Crippen LogP contribution in [0.3, 0.4) is 0 Å². The molecule has 0 saturated carbocycles. The minimum absolute atomic E-state index is 0.00820. The predicted molar refractivity (Wildman–Crippen MR) is 62.9 cm³/mol. The van der Waals surface area contributed by atoms with Crippen molar-refractivity contribution >= 4 is 17.5 Å². The van der Waals surface area contributed by atoms with E-state index in [1.54, 1.807) is 11.9 Å². The van der Waals surface area contributed by atoms with Gasteiger partial charge in [-0.15, -0.1) is 0 Å². The fraction of sp³-hybridized carbons (Fsp3) is 0.556. The molecule has 1 aromatic heterocycles. The number of nitrogen functional groups attached to an aromatic ring is 1. The summed E-state index contributed by atoms with van der Waals surface area (Å²) in [6, 6.07) is 0. The Morgan fingerprint density at radius 3 is 2.94 bits per heavy atom. The van der Waals surface area contributed by atoms with Gasteiger partial charge in [0.15, 0.2) is 0 Å². The molecular formula is C9H15N5O3. The molecule has 0 radical (unpaired) electrons. The van der Waals surface area contributed by atoms with Crippen molar-refractivity contribution < 1.29 is 9.66 Å². The normalized spacial score (nSPS) is 10.2. The Balaban J connectivity index is 2.86. The smallest absolute Gasteiger partial charge is 0.329 e. The van der Waals surface area contributed by atoms with Crippen molar-refractivity contribution in [3.05, 3.63) is 16.3 Å². The summed E-state index contributed by atoms with van der Waals surface area (Å²) in [5.74, 6) is 0.205. The summed E-state index contributed by atoms with van der Waals surface area (Å²) < 4.78 is 5.17. The number of ether oxygens (including phenoxy) is 1. The highest BCUT2D eigenvalue weighted by Crippen LogP contribution is 2.23. The quantitative estimate of drug-likeness (QED) is 0.437. The van der Waals surface area contributed by atoms with Gasteiger partial charge in [-0.05, 0) is 6.92 Å².